The van der Waals surface area contributed by atoms with Gasteiger partial charge in [-0.15, -0.1) is 0 Å². The smallest absolute Gasteiger partial charge is 0.225 e. The van der Waals surface area contributed by atoms with E-state index in [2.05, 4.69) is 13.8 Å². The number of hydrogen-bond donors (Lipinski definition) is 1. The Morgan fingerprint density at radius 2 is 2.12 bits per heavy atom. The second-order valence-corrected chi connectivity index (χ2v) is 5.41. The van der Waals surface area contributed by atoms with Gasteiger partial charge in [-0.1, -0.05) is 20.8 Å². The Labute approximate surface area is 99.4 Å². The molecule has 0 aromatic rings. The third-order valence-electron chi connectivity index (χ3n) is 3.74. The molecule has 2 N–H and O–H groups in total. The maximum Gasteiger partial charge on any atom is 0.225 e. The van der Waals surface area contributed by atoms with E-state index in [9.17, 15) is 4.79 Å². The molecule has 0 saturated carbocycles. The second kappa shape index (κ2) is 6.24. The number of hydrogen-bond acceptors (Lipinski definition) is 2. The van der Waals surface area contributed by atoms with Gasteiger partial charge in [0.2, 0.25) is 5.91 Å². The molecule has 3 heteroatoms. The molecular weight excluding hydrogens is 200 g/mol. The molecule has 0 aromatic heterocycles. The molecule has 1 saturated heterocycles. The van der Waals surface area contributed by atoms with Crippen molar-refractivity contribution in [1.29, 1.82) is 0 Å². The van der Waals surface area contributed by atoms with E-state index in [1.54, 1.807) is 0 Å². The first-order valence-corrected chi connectivity index (χ1v) is 6.55. The molecule has 0 spiro atoms. The molecule has 0 bridgehead atoms. The fourth-order valence-electron chi connectivity index (χ4n) is 2.39. The molecule has 1 aliphatic rings. The van der Waals surface area contributed by atoms with Gasteiger partial charge in [0, 0.05) is 19.0 Å². The van der Waals surface area contributed by atoms with E-state index in [0.29, 0.717) is 24.3 Å². The van der Waals surface area contributed by atoms with E-state index in [1.165, 1.54) is 6.42 Å². The van der Waals surface area contributed by atoms with Gasteiger partial charge in [-0.05, 0) is 37.6 Å². The van der Waals surface area contributed by atoms with Crippen LogP contribution in [0.15, 0.2) is 0 Å². The van der Waals surface area contributed by atoms with Crippen LogP contribution in [0.3, 0.4) is 0 Å². The minimum Gasteiger partial charge on any atom is -0.342 e. The van der Waals surface area contributed by atoms with Gasteiger partial charge < -0.3 is 10.6 Å². The van der Waals surface area contributed by atoms with E-state index in [4.69, 9.17) is 5.73 Å². The van der Waals surface area contributed by atoms with Crippen molar-refractivity contribution in [1.82, 2.24) is 4.90 Å². The van der Waals surface area contributed by atoms with E-state index in [0.717, 1.165) is 25.9 Å². The van der Waals surface area contributed by atoms with E-state index in [-0.39, 0.29) is 5.92 Å². The Hall–Kier alpha value is -0.570. The average molecular weight is 226 g/mol. The van der Waals surface area contributed by atoms with Gasteiger partial charge in [-0.25, -0.2) is 0 Å². The van der Waals surface area contributed by atoms with Crippen molar-refractivity contribution in [3.63, 3.8) is 0 Å². The van der Waals surface area contributed by atoms with Crippen LogP contribution in [0.4, 0.5) is 0 Å². The van der Waals surface area contributed by atoms with Crippen molar-refractivity contribution in [2.75, 3.05) is 19.6 Å². The SMILES string of the molecule is CC(CCCN)C(=O)N1CCC(C(C)C)C1. The van der Waals surface area contributed by atoms with Crippen molar-refractivity contribution in [3.05, 3.63) is 0 Å². The lowest BCUT2D eigenvalue weighted by atomic mass is 9.95. The zero-order valence-electron chi connectivity index (χ0n) is 10.9. The van der Waals surface area contributed by atoms with Crippen LogP contribution >= 0.6 is 0 Å². The number of nitrogens with two attached hydrogens (primary N) is 1. The molecule has 1 aliphatic heterocycles. The third-order valence-corrected chi connectivity index (χ3v) is 3.74. The lowest BCUT2D eigenvalue weighted by molar-refractivity contribution is -0.134. The minimum absolute atomic E-state index is 0.148. The first-order chi connectivity index (χ1) is 7.56. The molecule has 0 radical (unpaired) electrons. The lowest BCUT2D eigenvalue weighted by Crippen LogP contribution is -2.34. The van der Waals surface area contributed by atoms with E-state index >= 15 is 0 Å². The summed E-state index contributed by atoms with van der Waals surface area (Å²) in [6, 6.07) is 0. The molecule has 2 unspecified atom stereocenters. The molecule has 2 atom stereocenters. The second-order valence-electron chi connectivity index (χ2n) is 5.41. The molecule has 1 amide bonds. The zero-order valence-corrected chi connectivity index (χ0v) is 10.9. The van der Waals surface area contributed by atoms with Crippen molar-refractivity contribution in [3.8, 4) is 0 Å². The quantitative estimate of drug-likeness (QED) is 0.778. The first kappa shape index (κ1) is 13.5. The summed E-state index contributed by atoms with van der Waals surface area (Å²) in [5.41, 5.74) is 5.47. The normalized spacial score (nSPS) is 22.8. The van der Waals surface area contributed by atoms with Gasteiger partial charge in [0.15, 0.2) is 0 Å². The van der Waals surface area contributed by atoms with Crippen molar-refractivity contribution < 1.29 is 4.79 Å². The summed E-state index contributed by atoms with van der Waals surface area (Å²) in [7, 11) is 0. The number of likely N-dealkylation sites (tertiary alicyclic amines) is 1. The summed E-state index contributed by atoms with van der Waals surface area (Å²) < 4.78 is 0. The Kier molecular flexibility index (Phi) is 5.26. The number of rotatable bonds is 5. The molecule has 1 fully saturated rings. The van der Waals surface area contributed by atoms with Crippen LogP contribution in [-0.2, 0) is 4.79 Å². The average Bonchev–Trinajstić information content (AvgIpc) is 2.74. The molecule has 1 heterocycles. The zero-order chi connectivity index (χ0) is 12.1. The number of carbonyl (C=O) groups excluding carboxylic acids is 1. The minimum atomic E-state index is 0.148. The van der Waals surface area contributed by atoms with Crippen LogP contribution in [0.25, 0.3) is 0 Å². The predicted octanol–water partition coefficient (Wildman–Crippen LogP) is 1.87. The van der Waals surface area contributed by atoms with Gasteiger partial charge >= 0.3 is 0 Å². The van der Waals surface area contributed by atoms with Crippen LogP contribution in [0, 0.1) is 17.8 Å². The van der Waals surface area contributed by atoms with Gasteiger partial charge in [0.05, 0.1) is 0 Å². The number of nitrogens with zero attached hydrogens (tertiary/aromatic N) is 1. The van der Waals surface area contributed by atoms with Crippen LogP contribution in [-0.4, -0.2) is 30.4 Å². The highest BCUT2D eigenvalue weighted by molar-refractivity contribution is 5.78. The number of amides is 1. The fourth-order valence-corrected chi connectivity index (χ4v) is 2.39. The largest absolute Gasteiger partial charge is 0.342 e. The first-order valence-electron chi connectivity index (χ1n) is 6.55. The highest BCUT2D eigenvalue weighted by atomic mass is 16.2. The summed E-state index contributed by atoms with van der Waals surface area (Å²) in [5, 5.41) is 0. The van der Waals surface area contributed by atoms with Crippen LogP contribution < -0.4 is 5.73 Å². The standard InChI is InChI=1S/C13H26N2O/c1-10(2)12-6-8-15(9-12)13(16)11(3)5-4-7-14/h10-12H,4-9,14H2,1-3H3. The van der Waals surface area contributed by atoms with Gasteiger partial charge in [0.1, 0.15) is 0 Å². The topological polar surface area (TPSA) is 46.3 Å². The van der Waals surface area contributed by atoms with Crippen molar-refractivity contribution in [2.24, 2.45) is 23.5 Å². The lowest BCUT2D eigenvalue weighted by Gasteiger charge is -2.21. The summed E-state index contributed by atoms with van der Waals surface area (Å²) >= 11 is 0. The highest BCUT2D eigenvalue weighted by Crippen LogP contribution is 2.25. The Morgan fingerprint density at radius 1 is 1.44 bits per heavy atom. The van der Waals surface area contributed by atoms with Gasteiger partial charge in [-0.3, -0.25) is 4.79 Å². The van der Waals surface area contributed by atoms with Gasteiger partial charge in [0.25, 0.3) is 0 Å². The third kappa shape index (κ3) is 3.48. The van der Waals surface area contributed by atoms with E-state index in [1.807, 2.05) is 11.8 Å². The monoisotopic (exact) mass is 226 g/mol. The Morgan fingerprint density at radius 3 is 2.62 bits per heavy atom. The Bertz CT molecular complexity index is 228. The molecule has 3 nitrogen and oxygen atoms in total. The fraction of sp³-hybridized carbons (Fsp3) is 0.923. The summed E-state index contributed by atoms with van der Waals surface area (Å²) in [6.07, 6.45) is 3.06. The summed E-state index contributed by atoms with van der Waals surface area (Å²) in [4.78, 5) is 14.2. The Balaban J connectivity index is 2.38. The van der Waals surface area contributed by atoms with E-state index < -0.39 is 0 Å². The van der Waals surface area contributed by atoms with Crippen LogP contribution in [0.1, 0.15) is 40.0 Å². The maximum atomic E-state index is 12.1. The maximum absolute atomic E-state index is 12.1. The summed E-state index contributed by atoms with van der Waals surface area (Å²) in [6.45, 7) is 9.12. The molecule has 94 valence electrons. The number of carbonyl (C=O) groups is 1. The molecular formula is C13H26N2O. The summed E-state index contributed by atoms with van der Waals surface area (Å²) in [5.74, 6) is 1.87. The van der Waals surface area contributed by atoms with Crippen molar-refractivity contribution in [2.45, 2.75) is 40.0 Å². The highest BCUT2D eigenvalue weighted by Gasteiger charge is 2.29. The predicted molar refractivity (Wildman–Crippen MR) is 67.0 cm³/mol. The van der Waals surface area contributed by atoms with Crippen LogP contribution in [0.2, 0.25) is 0 Å². The molecule has 0 aliphatic carbocycles. The molecule has 1 rings (SSSR count). The molecule has 16 heavy (non-hydrogen) atoms. The van der Waals surface area contributed by atoms with Crippen LogP contribution in [0.5, 0.6) is 0 Å². The molecule has 0 aromatic carbocycles. The van der Waals surface area contributed by atoms with Gasteiger partial charge in [-0.2, -0.15) is 0 Å². The van der Waals surface area contributed by atoms with Crippen molar-refractivity contribution >= 4 is 5.91 Å².